The van der Waals surface area contributed by atoms with Crippen LogP contribution in [0, 0.1) is 6.92 Å². The van der Waals surface area contributed by atoms with Crippen LogP contribution in [0.2, 0.25) is 0 Å². The first-order valence-corrected chi connectivity index (χ1v) is 7.36. The van der Waals surface area contributed by atoms with Crippen molar-refractivity contribution in [3.63, 3.8) is 0 Å². The van der Waals surface area contributed by atoms with Gasteiger partial charge in [0.1, 0.15) is 22.5 Å². The van der Waals surface area contributed by atoms with Crippen molar-refractivity contribution >= 4 is 11.0 Å². The van der Waals surface area contributed by atoms with Crippen molar-refractivity contribution in [1.82, 2.24) is 15.0 Å². The molecule has 4 nitrogen and oxygen atoms in total. The van der Waals surface area contributed by atoms with Crippen LogP contribution in [0.3, 0.4) is 0 Å². The highest BCUT2D eigenvalue weighted by atomic mass is 16.3. The van der Waals surface area contributed by atoms with Crippen molar-refractivity contribution in [2.45, 2.75) is 34.6 Å². The fourth-order valence-electron chi connectivity index (χ4n) is 1.76. The van der Waals surface area contributed by atoms with Crippen LogP contribution in [0.15, 0.2) is 42.5 Å². The van der Waals surface area contributed by atoms with Gasteiger partial charge in [0.15, 0.2) is 0 Å². The van der Waals surface area contributed by atoms with Crippen LogP contribution < -0.4 is 0 Å². The number of nitrogens with zero attached hydrogens (tertiary/aromatic N) is 3. The number of phenolic OH excluding ortho intramolecular Hbond substituents is 1. The standard InChI is InChI=1S/C13H11N3O.2C2H6/c1-9-6-7-13(17)12(8-9)16-14-10-4-2-3-5-11(10)15-16;2*1-2/h2-8,17H,1H3;2*1-2H3. The van der Waals surface area contributed by atoms with Crippen molar-refractivity contribution in [1.29, 1.82) is 0 Å². The summed E-state index contributed by atoms with van der Waals surface area (Å²) in [6.45, 7) is 9.96. The Morgan fingerprint density at radius 2 is 1.38 bits per heavy atom. The van der Waals surface area contributed by atoms with E-state index in [1.54, 1.807) is 6.07 Å². The summed E-state index contributed by atoms with van der Waals surface area (Å²) >= 11 is 0. The number of benzene rings is 2. The molecule has 1 aromatic heterocycles. The fraction of sp³-hybridized carbons (Fsp3) is 0.294. The van der Waals surface area contributed by atoms with Crippen molar-refractivity contribution in [3.05, 3.63) is 48.0 Å². The molecular formula is C17H23N3O. The van der Waals surface area contributed by atoms with Gasteiger partial charge in [-0.15, -0.1) is 15.0 Å². The van der Waals surface area contributed by atoms with Gasteiger partial charge < -0.3 is 5.11 Å². The Morgan fingerprint density at radius 1 is 0.857 bits per heavy atom. The summed E-state index contributed by atoms with van der Waals surface area (Å²) in [4.78, 5) is 1.47. The molecular weight excluding hydrogens is 262 g/mol. The Morgan fingerprint density at radius 3 is 1.90 bits per heavy atom. The predicted octanol–water partition coefficient (Wildman–Crippen LogP) is 4.49. The summed E-state index contributed by atoms with van der Waals surface area (Å²) in [5.41, 5.74) is 3.28. The molecule has 0 radical (unpaired) electrons. The lowest BCUT2D eigenvalue weighted by Gasteiger charge is -2.03. The SMILES string of the molecule is CC.CC.Cc1ccc(O)c(-n2nc3ccccc3n2)c1. The number of aromatic hydroxyl groups is 1. The third-order valence-electron chi connectivity index (χ3n) is 2.63. The summed E-state index contributed by atoms with van der Waals surface area (Å²) in [5.74, 6) is 0.177. The zero-order valence-electron chi connectivity index (χ0n) is 13.3. The number of hydrogen-bond acceptors (Lipinski definition) is 3. The van der Waals surface area contributed by atoms with E-state index >= 15 is 0 Å². The van der Waals surface area contributed by atoms with Crippen LogP contribution in [-0.2, 0) is 0 Å². The molecule has 0 saturated carbocycles. The smallest absolute Gasteiger partial charge is 0.143 e. The van der Waals surface area contributed by atoms with Gasteiger partial charge in [0.05, 0.1) is 0 Å². The molecule has 112 valence electrons. The van der Waals surface area contributed by atoms with Crippen LogP contribution in [0.4, 0.5) is 0 Å². The summed E-state index contributed by atoms with van der Waals surface area (Å²) in [6, 6.07) is 13.0. The van der Waals surface area contributed by atoms with E-state index in [9.17, 15) is 5.11 Å². The van der Waals surface area contributed by atoms with Gasteiger partial charge in [-0.1, -0.05) is 45.9 Å². The van der Waals surface area contributed by atoms with Crippen LogP contribution in [0.5, 0.6) is 5.75 Å². The van der Waals surface area contributed by atoms with Crippen molar-refractivity contribution in [3.8, 4) is 11.4 Å². The van der Waals surface area contributed by atoms with Crippen molar-refractivity contribution in [2.75, 3.05) is 0 Å². The van der Waals surface area contributed by atoms with Gasteiger partial charge in [-0.05, 0) is 36.8 Å². The second-order valence-corrected chi connectivity index (χ2v) is 3.97. The summed E-state index contributed by atoms with van der Waals surface area (Å²) in [5, 5.41) is 18.5. The number of rotatable bonds is 1. The highest BCUT2D eigenvalue weighted by molar-refractivity contribution is 5.73. The Hall–Kier alpha value is -2.36. The van der Waals surface area contributed by atoms with Crippen molar-refractivity contribution < 1.29 is 5.11 Å². The normalized spacial score (nSPS) is 9.38. The quantitative estimate of drug-likeness (QED) is 0.717. The Kier molecular flexibility index (Phi) is 6.40. The molecule has 0 bridgehead atoms. The van der Waals surface area contributed by atoms with Gasteiger partial charge in [-0.2, -0.15) is 0 Å². The largest absolute Gasteiger partial charge is 0.506 e. The van der Waals surface area contributed by atoms with Crippen LogP contribution in [-0.4, -0.2) is 20.1 Å². The monoisotopic (exact) mass is 285 g/mol. The molecule has 0 fully saturated rings. The topological polar surface area (TPSA) is 50.9 Å². The van der Waals surface area contributed by atoms with E-state index in [2.05, 4.69) is 10.2 Å². The lowest BCUT2D eigenvalue weighted by Crippen LogP contribution is -1.99. The summed E-state index contributed by atoms with van der Waals surface area (Å²) < 4.78 is 0. The molecule has 0 aliphatic carbocycles. The predicted molar refractivity (Wildman–Crippen MR) is 88.0 cm³/mol. The second kappa shape index (κ2) is 8.04. The second-order valence-electron chi connectivity index (χ2n) is 3.97. The molecule has 0 unspecified atom stereocenters. The minimum atomic E-state index is 0.177. The van der Waals surface area contributed by atoms with E-state index in [-0.39, 0.29) is 5.75 Å². The summed E-state index contributed by atoms with van der Waals surface area (Å²) in [7, 11) is 0. The average Bonchev–Trinajstić information content (AvgIpc) is 2.97. The molecule has 0 amide bonds. The lowest BCUT2D eigenvalue weighted by molar-refractivity contribution is 0.467. The maximum absolute atomic E-state index is 9.81. The minimum Gasteiger partial charge on any atom is -0.506 e. The Bertz CT molecular complexity index is 656. The van der Waals surface area contributed by atoms with E-state index in [4.69, 9.17) is 0 Å². The van der Waals surface area contributed by atoms with E-state index < -0.39 is 0 Å². The zero-order chi connectivity index (χ0) is 15.8. The first-order valence-electron chi connectivity index (χ1n) is 7.36. The highest BCUT2D eigenvalue weighted by Gasteiger charge is 2.08. The maximum atomic E-state index is 9.81. The molecule has 0 aliphatic heterocycles. The number of aromatic nitrogens is 3. The number of hydrogen-bond donors (Lipinski definition) is 1. The number of phenols is 1. The Labute approximate surface area is 126 Å². The first-order chi connectivity index (χ1) is 10.2. The molecule has 0 spiro atoms. The molecule has 1 N–H and O–H groups in total. The van der Waals surface area contributed by atoms with Crippen LogP contribution in [0.25, 0.3) is 16.7 Å². The van der Waals surface area contributed by atoms with Gasteiger partial charge in [0.25, 0.3) is 0 Å². The van der Waals surface area contributed by atoms with Gasteiger partial charge >= 0.3 is 0 Å². The van der Waals surface area contributed by atoms with E-state index in [1.807, 2.05) is 71.0 Å². The van der Waals surface area contributed by atoms with Gasteiger partial charge in [-0.25, -0.2) is 0 Å². The molecule has 1 heterocycles. The maximum Gasteiger partial charge on any atom is 0.143 e. The molecule has 21 heavy (non-hydrogen) atoms. The number of aryl methyl sites for hydroxylation is 1. The highest BCUT2D eigenvalue weighted by Crippen LogP contribution is 2.22. The Balaban J connectivity index is 0.000000510. The van der Waals surface area contributed by atoms with Crippen molar-refractivity contribution in [2.24, 2.45) is 0 Å². The third-order valence-corrected chi connectivity index (χ3v) is 2.63. The summed E-state index contributed by atoms with van der Waals surface area (Å²) in [6.07, 6.45) is 0. The average molecular weight is 285 g/mol. The molecule has 2 aromatic carbocycles. The van der Waals surface area contributed by atoms with E-state index in [0.717, 1.165) is 16.6 Å². The van der Waals surface area contributed by atoms with Gasteiger partial charge in [-0.3, -0.25) is 0 Å². The zero-order valence-corrected chi connectivity index (χ0v) is 13.3. The van der Waals surface area contributed by atoms with Crippen LogP contribution >= 0.6 is 0 Å². The fourth-order valence-corrected chi connectivity index (χ4v) is 1.76. The van der Waals surface area contributed by atoms with Gasteiger partial charge in [0.2, 0.25) is 0 Å². The van der Waals surface area contributed by atoms with Crippen LogP contribution in [0.1, 0.15) is 33.3 Å². The minimum absolute atomic E-state index is 0.177. The third kappa shape index (κ3) is 3.81. The van der Waals surface area contributed by atoms with E-state index in [1.165, 1.54) is 4.80 Å². The van der Waals surface area contributed by atoms with E-state index in [0.29, 0.717) is 5.69 Å². The molecule has 3 rings (SSSR count). The molecule has 0 atom stereocenters. The first kappa shape index (κ1) is 16.7. The number of fused-ring (bicyclic) bond motifs is 1. The molecule has 0 saturated heterocycles. The van der Waals surface area contributed by atoms with Gasteiger partial charge in [0, 0.05) is 0 Å². The molecule has 3 aromatic rings. The molecule has 0 aliphatic rings. The molecule has 4 heteroatoms. The lowest BCUT2D eigenvalue weighted by atomic mass is 10.2.